The first kappa shape index (κ1) is 12.3. The van der Waals surface area contributed by atoms with Crippen LogP contribution < -0.4 is 5.32 Å². The van der Waals surface area contributed by atoms with Crippen molar-refractivity contribution in [1.29, 1.82) is 0 Å². The van der Waals surface area contributed by atoms with Crippen LogP contribution in [0.25, 0.3) is 0 Å². The Kier molecular flexibility index (Phi) is 3.91. The number of nitrogens with zero attached hydrogens (tertiary/aromatic N) is 3. The first-order chi connectivity index (χ1) is 8.16. The van der Waals surface area contributed by atoms with Gasteiger partial charge in [0.1, 0.15) is 0 Å². The van der Waals surface area contributed by atoms with Crippen LogP contribution in [0, 0.1) is 6.92 Å². The van der Waals surface area contributed by atoms with Crippen molar-refractivity contribution in [2.24, 2.45) is 7.05 Å². The van der Waals surface area contributed by atoms with Crippen molar-refractivity contribution < 1.29 is 0 Å². The smallest absolute Gasteiger partial charge is 0.0798 e. The zero-order chi connectivity index (χ0) is 12.3. The van der Waals surface area contributed by atoms with E-state index in [1.165, 1.54) is 10.4 Å². The Labute approximate surface area is 106 Å². The summed E-state index contributed by atoms with van der Waals surface area (Å²) in [6.45, 7) is 5.21. The summed E-state index contributed by atoms with van der Waals surface area (Å²) in [7, 11) is 1.94. The predicted molar refractivity (Wildman–Crippen MR) is 70.2 cm³/mol. The Morgan fingerprint density at radius 3 is 2.94 bits per heavy atom. The molecule has 0 radical (unpaired) electrons. The molecule has 0 spiro atoms. The summed E-state index contributed by atoms with van der Waals surface area (Å²) in [5.41, 5.74) is 4.31. The van der Waals surface area contributed by atoms with Gasteiger partial charge in [0, 0.05) is 24.2 Å². The summed E-state index contributed by atoms with van der Waals surface area (Å²) in [6.07, 6.45) is 4.99. The van der Waals surface area contributed by atoms with Crippen LogP contribution in [0.1, 0.15) is 29.1 Å². The highest BCUT2D eigenvalue weighted by atomic mass is 32.1. The van der Waals surface area contributed by atoms with Crippen LogP contribution >= 0.6 is 11.3 Å². The summed E-state index contributed by atoms with van der Waals surface area (Å²) in [4.78, 5) is 5.60. The molecular weight excluding hydrogens is 232 g/mol. The lowest BCUT2D eigenvalue weighted by Crippen LogP contribution is -2.21. The van der Waals surface area contributed by atoms with Crippen molar-refractivity contribution in [3.8, 4) is 0 Å². The second-order valence-corrected chi connectivity index (χ2v) is 5.14. The quantitative estimate of drug-likeness (QED) is 0.883. The molecule has 17 heavy (non-hydrogen) atoms. The van der Waals surface area contributed by atoms with Crippen LogP contribution in [0.4, 0.5) is 0 Å². The summed E-state index contributed by atoms with van der Waals surface area (Å²) in [5, 5.41) is 7.68. The number of nitrogens with one attached hydrogen (secondary N) is 1. The third-order valence-electron chi connectivity index (χ3n) is 2.80. The van der Waals surface area contributed by atoms with Crippen molar-refractivity contribution in [1.82, 2.24) is 20.1 Å². The van der Waals surface area contributed by atoms with E-state index in [1.807, 2.05) is 23.4 Å². The average molecular weight is 250 g/mol. The maximum atomic E-state index is 4.27. The fourth-order valence-electron chi connectivity index (χ4n) is 1.85. The van der Waals surface area contributed by atoms with Crippen LogP contribution in [-0.4, -0.2) is 21.3 Å². The van der Waals surface area contributed by atoms with Crippen molar-refractivity contribution in [3.05, 3.63) is 34.0 Å². The highest BCUT2D eigenvalue weighted by Crippen LogP contribution is 2.20. The molecule has 1 unspecified atom stereocenters. The molecule has 2 rings (SSSR count). The van der Waals surface area contributed by atoms with Crippen LogP contribution in [0.2, 0.25) is 0 Å². The standard InChI is InChI=1S/C12H18N4S/c1-9(12-10(2)14-8-17-12)13-5-4-11-6-15-16(3)7-11/h6-9,13H,4-5H2,1-3H3. The number of rotatable bonds is 5. The van der Waals surface area contributed by atoms with E-state index in [0.717, 1.165) is 18.7 Å². The molecule has 0 aliphatic rings. The SMILES string of the molecule is Cc1ncsc1C(C)NCCc1cnn(C)c1. The van der Waals surface area contributed by atoms with Crippen molar-refractivity contribution >= 4 is 11.3 Å². The number of hydrogen-bond acceptors (Lipinski definition) is 4. The van der Waals surface area contributed by atoms with Crippen LogP contribution in [0.15, 0.2) is 17.9 Å². The molecule has 2 heterocycles. The first-order valence-corrected chi connectivity index (χ1v) is 6.65. The molecule has 0 amide bonds. The van der Waals surface area contributed by atoms with Gasteiger partial charge in [-0.15, -0.1) is 11.3 Å². The molecule has 0 fully saturated rings. The van der Waals surface area contributed by atoms with Gasteiger partial charge in [0.25, 0.3) is 0 Å². The molecule has 92 valence electrons. The van der Waals surface area contributed by atoms with Crippen molar-refractivity contribution in [2.45, 2.75) is 26.3 Å². The molecule has 0 aliphatic heterocycles. The molecule has 2 aromatic heterocycles. The Hall–Kier alpha value is -1.20. The predicted octanol–water partition coefficient (Wildman–Crippen LogP) is 2.08. The topological polar surface area (TPSA) is 42.7 Å². The second-order valence-electron chi connectivity index (χ2n) is 4.25. The molecule has 0 aromatic carbocycles. The fourth-order valence-corrected chi connectivity index (χ4v) is 2.69. The molecule has 2 aromatic rings. The summed E-state index contributed by atoms with van der Waals surface area (Å²) >= 11 is 1.72. The molecular formula is C12H18N4S. The normalized spacial score (nSPS) is 12.9. The second kappa shape index (κ2) is 5.42. The van der Waals surface area contributed by atoms with E-state index in [9.17, 15) is 0 Å². The summed E-state index contributed by atoms with van der Waals surface area (Å²) in [6, 6.07) is 0.374. The van der Waals surface area contributed by atoms with Gasteiger partial charge in [0.2, 0.25) is 0 Å². The Bertz CT molecular complexity index is 474. The van der Waals surface area contributed by atoms with Gasteiger partial charge in [-0.2, -0.15) is 5.10 Å². The summed E-state index contributed by atoms with van der Waals surface area (Å²) < 4.78 is 1.84. The maximum Gasteiger partial charge on any atom is 0.0798 e. The lowest BCUT2D eigenvalue weighted by molar-refractivity contribution is 0.581. The lowest BCUT2D eigenvalue weighted by atomic mass is 10.2. The Morgan fingerprint density at radius 1 is 1.53 bits per heavy atom. The molecule has 0 saturated carbocycles. The first-order valence-electron chi connectivity index (χ1n) is 5.77. The largest absolute Gasteiger partial charge is 0.309 e. The zero-order valence-corrected chi connectivity index (χ0v) is 11.3. The highest BCUT2D eigenvalue weighted by Gasteiger charge is 2.09. The van der Waals surface area contributed by atoms with E-state index in [0.29, 0.717) is 6.04 Å². The fraction of sp³-hybridized carbons (Fsp3) is 0.500. The molecule has 4 nitrogen and oxygen atoms in total. The van der Waals surface area contributed by atoms with Crippen molar-refractivity contribution in [2.75, 3.05) is 6.54 Å². The average Bonchev–Trinajstić information content (AvgIpc) is 2.87. The van der Waals surface area contributed by atoms with Gasteiger partial charge >= 0.3 is 0 Å². The Morgan fingerprint density at radius 2 is 2.35 bits per heavy atom. The van der Waals surface area contributed by atoms with Crippen LogP contribution in [0.3, 0.4) is 0 Å². The Balaban J connectivity index is 1.81. The van der Waals surface area contributed by atoms with Gasteiger partial charge in [0.05, 0.1) is 17.4 Å². The number of thiazole rings is 1. The summed E-state index contributed by atoms with van der Waals surface area (Å²) in [5.74, 6) is 0. The van der Waals surface area contributed by atoms with Gasteiger partial charge in [-0.25, -0.2) is 4.98 Å². The minimum absolute atomic E-state index is 0.374. The molecule has 0 aliphatic carbocycles. The van der Waals surface area contributed by atoms with E-state index in [4.69, 9.17) is 0 Å². The molecule has 1 atom stereocenters. The number of aryl methyl sites for hydroxylation is 2. The highest BCUT2D eigenvalue weighted by molar-refractivity contribution is 7.09. The third kappa shape index (κ3) is 3.14. The van der Waals surface area contributed by atoms with Crippen LogP contribution in [0.5, 0.6) is 0 Å². The van der Waals surface area contributed by atoms with Crippen molar-refractivity contribution in [3.63, 3.8) is 0 Å². The van der Waals surface area contributed by atoms with E-state index in [1.54, 1.807) is 11.3 Å². The maximum absolute atomic E-state index is 4.27. The molecule has 5 heteroatoms. The van der Waals surface area contributed by atoms with Gasteiger partial charge in [-0.1, -0.05) is 0 Å². The van der Waals surface area contributed by atoms with Gasteiger partial charge < -0.3 is 5.32 Å². The van der Waals surface area contributed by atoms with E-state index in [-0.39, 0.29) is 0 Å². The minimum atomic E-state index is 0.374. The van der Waals surface area contributed by atoms with Crippen LogP contribution in [-0.2, 0) is 13.5 Å². The number of hydrogen-bond donors (Lipinski definition) is 1. The van der Waals surface area contributed by atoms with E-state index < -0.39 is 0 Å². The lowest BCUT2D eigenvalue weighted by Gasteiger charge is -2.12. The zero-order valence-electron chi connectivity index (χ0n) is 10.5. The monoisotopic (exact) mass is 250 g/mol. The van der Waals surface area contributed by atoms with Gasteiger partial charge in [-0.05, 0) is 32.4 Å². The third-order valence-corrected chi connectivity index (χ3v) is 3.91. The molecule has 0 bridgehead atoms. The molecule has 1 N–H and O–H groups in total. The minimum Gasteiger partial charge on any atom is -0.309 e. The number of aromatic nitrogens is 3. The van der Waals surface area contributed by atoms with Gasteiger partial charge in [-0.3, -0.25) is 4.68 Å². The van der Waals surface area contributed by atoms with Gasteiger partial charge in [0.15, 0.2) is 0 Å². The molecule has 0 saturated heterocycles. The van der Waals surface area contributed by atoms with E-state index in [2.05, 4.69) is 35.4 Å². The van der Waals surface area contributed by atoms with E-state index >= 15 is 0 Å².